The molecule has 0 radical (unpaired) electrons. The first-order chi connectivity index (χ1) is 25.2. The molecule has 242 valence electrons. The fourth-order valence-electron chi connectivity index (χ4n) is 7.29. The van der Waals surface area contributed by atoms with Gasteiger partial charge in [-0.1, -0.05) is 158 Å². The van der Waals surface area contributed by atoms with Gasteiger partial charge in [-0.2, -0.15) is 0 Å². The second kappa shape index (κ2) is 13.0. The Morgan fingerprint density at radius 1 is 0.392 bits per heavy atom. The van der Waals surface area contributed by atoms with Gasteiger partial charge < -0.3 is 9.32 Å². The molecule has 9 aromatic rings. The Bertz CT molecular complexity index is 2630. The molecule has 1 aromatic heterocycles. The highest BCUT2D eigenvalue weighted by Gasteiger charge is 2.19. The Hall–Kier alpha value is -6.64. The Kier molecular flexibility index (Phi) is 7.75. The third kappa shape index (κ3) is 5.67. The zero-order valence-electron chi connectivity index (χ0n) is 28.3. The van der Waals surface area contributed by atoms with Crippen molar-refractivity contribution < 1.29 is 4.42 Å². The number of hydrogen-bond donors (Lipinski definition) is 0. The van der Waals surface area contributed by atoms with E-state index < -0.39 is 0 Å². The first-order valence-electron chi connectivity index (χ1n) is 17.4. The molecule has 0 spiro atoms. The van der Waals surface area contributed by atoms with Crippen LogP contribution in [0.3, 0.4) is 0 Å². The van der Waals surface area contributed by atoms with Crippen LogP contribution in [0, 0.1) is 6.92 Å². The van der Waals surface area contributed by atoms with Crippen molar-refractivity contribution >= 4 is 38.8 Å². The summed E-state index contributed by atoms with van der Waals surface area (Å²) >= 11 is 0. The van der Waals surface area contributed by atoms with Crippen molar-refractivity contribution in [3.8, 4) is 44.7 Å². The first-order valence-corrected chi connectivity index (χ1v) is 17.4. The van der Waals surface area contributed by atoms with Crippen LogP contribution in [0.15, 0.2) is 199 Å². The molecule has 8 aromatic carbocycles. The summed E-state index contributed by atoms with van der Waals surface area (Å²) in [5.74, 6) is 0.921. The normalized spacial score (nSPS) is 11.2. The van der Waals surface area contributed by atoms with Crippen molar-refractivity contribution in [3.05, 3.63) is 200 Å². The Morgan fingerprint density at radius 2 is 0.941 bits per heavy atom. The van der Waals surface area contributed by atoms with Gasteiger partial charge in [-0.3, -0.25) is 0 Å². The molecule has 2 heteroatoms. The summed E-state index contributed by atoms with van der Waals surface area (Å²) < 4.78 is 6.33. The molecule has 0 aliphatic carbocycles. The van der Waals surface area contributed by atoms with Crippen LogP contribution in [0.25, 0.3) is 66.4 Å². The van der Waals surface area contributed by atoms with Crippen LogP contribution < -0.4 is 4.90 Å². The van der Waals surface area contributed by atoms with E-state index in [1.54, 1.807) is 0 Å². The van der Waals surface area contributed by atoms with E-state index in [4.69, 9.17) is 4.42 Å². The molecule has 0 aliphatic rings. The summed E-state index contributed by atoms with van der Waals surface area (Å²) in [6.45, 7) is 2.14. The van der Waals surface area contributed by atoms with Gasteiger partial charge in [0.1, 0.15) is 11.3 Å². The lowest BCUT2D eigenvalue weighted by Gasteiger charge is -2.29. The van der Waals surface area contributed by atoms with E-state index >= 15 is 0 Å². The molecule has 0 amide bonds. The lowest BCUT2D eigenvalue weighted by atomic mass is 9.97. The number of fused-ring (bicyclic) bond motifs is 2. The summed E-state index contributed by atoms with van der Waals surface area (Å²) in [5.41, 5.74) is 13.6. The van der Waals surface area contributed by atoms with Crippen LogP contribution in [0.5, 0.6) is 0 Å². The molecule has 0 fully saturated rings. The standard InChI is InChI=1S/C49H35NO/c1-34-43-19-8-10-24-48(43)51-49(34)41-18-11-17-40(33-41)37-29-31-42(32-30-37)50(47-23-12-16-38-15-5-6-20-44(38)47)46-22-9-7-21-45(46)39-27-25-36(26-28-39)35-13-3-2-4-14-35/h2-33H,1H3. The third-order valence-corrected chi connectivity index (χ3v) is 9.88. The molecule has 0 N–H and O–H groups in total. The van der Waals surface area contributed by atoms with E-state index in [0.29, 0.717) is 0 Å². The van der Waals surface area contributed by atoms with Gasteiger partial charge in [-0.15, -0.1) is 0 Å². The van der Waals surface area contributed by atoms with Crippen LogP contribution in [0.4, 0.5) is 17.1 Å². The van der Waals surface area contributed by atoms with Gasteiger partial charge in [-0.05, 0) is 76.5 Å². The maximum Gasteiger partial charge on any atom is 0.138 e. The van der Waals surface area contributed by atoms with E-state index in [2.05, 4.69) is 194 Å². The van der Waals surface area contributed by atoms with Gasteiger partial charge in [0.05, 0.1) is 11.4 Å². The molecule has 0 atom stereocenters. The van der Waals surface area contributed by atoms with Crippen LogP contribution >= 0.6 is 0 Å². The van der Waals surface area contributed by atoms with Crippen LogP contribution in [0.1, 0.15) is 5.56 Å². The van der Waals surface area contributed by atoms with Crippen LogP contribution in [-0.2, 0) is 0 Å². The van der Waals surface area contributed by atoms with E-state index in [1.807, 2.05) is 12.1 Å². The monoisotopic (exact) mass is 653 g/mol. The number of hydrogen-bond acceptors (Lipinski definition) is 2. The van der Waals surface area contributed by atoms with Crippen molar-refractivity contribution in [1.29, 1.82) is 0 Å². The minimum absolute atomic E-state index is 0.917. The molecule has 0 bridgehead atoms. The molecule has 0 saturated carbocycles. The minimum Gasteiger partial charge on any atom is -0.456 e. The zero-order chi connectivity index (χ0) is 34.1. The van der Waals surface area contributed by atoms with E-state index in [-0.39, 0.29) is 0 Å². The predicted octanol–water partition coefficient (Wildman–Crippen LogP) is 14.0. The number of furan rings is 1. The van der Waals surface area contributed by atoms with E-state index in [0.717, 1.165) is 56.0 Å². The molecule has 51 heavy (non-hydrogen) atoms. The average Bonchev–Trinajstić information content (AvgIpc) is 3.55. The predicted molar refractivity (Wildman–Crippen MR) is 215 cm³/mol. The van der Waals surface area contributed by atoms with Gasteiger partial charge in [0.15, 0.2) is 0 Å². The Morgan fingerprint density at radius 3 is 1.76 bits per heavy atom. The fourth-order valence-corrected chi connectivity index (χ4v) is 7.29. The minimum atomic E-state index is 0.917. The SMILES string of the molecule is Cc1c(-c2cccc(-c3ccc(N(c4ccccc4-c4ccc(-c5ccccc5)cc4)c4cccc5ccccc45)cc3)c2)oc2ccccc12. The van der Waals surface area contributed by atoms with Crippen molar-refractivity contribution in [2.75, 3.05) is 4.90 Å². The Labute approximate surface area is 298 Å². The molecule has 0 saturated heterocycles. The lowest BCUT2D eigenvalue weighted by Crippen LogP contribution is -2.11. The van der Waals surface area contributed by atoms with Crippen molar-refractivity contribution in [1.82, 2.24) is 0 Å². The van der Waals surface area contributed by atoms with E-state index in [9.17, 15) is 0 Å². The highest BCUT2D eigenvalue weighted by Crippen LogP contribution is 2.44. The number of benzene rings is 8. The summed E-state index contributed by atoms with van der Waals surface area (Å²) in [6, 6.07) is 69.2. The molecule has 0 aliphatic heterocycles. The third-order valence-electron chi connectivity index (χ3n) is 9.88. The highest BCUT2D eigenvalue weighted by molar-refractivity contribution is 6.01. The maximum atomic E-state index is 6.33. The fraction of sp³-hybridized carbons (Fsp3) is 0.0204. The van der Waals surface area contributed by atoms with Gasteiger partial charge in [0.25, 0.3) is 0 Å². The molecular weight excluding hydrogens is 619 g/mol. The topological polar surface area (TPSA) is 16.4 Å². The Balaban J connectivity index is 1.14. The molecule has 1 heterocycles. The van der Waals surface area contributed by atoms with Crippen molar-refractivity contribution in [3.63, 3.8) is 0 Å². The number of anilines is 3. The highest BCUT2D eigenvalue weighted by atomic mass is 16.3. The van der Waals surface area contributed by atoms with Crippen molar-refractivity contribution in [2.24, 2.45) is 0 Å². The molecule has 2 nitrogen and oxygen atoms in total. The summed E-state index contributed by atoms with van der Waals surface area (Å²) in [5, 5.41) is 3.56. The molecule has 0 unspecified atom stereocenters. The lowest BCUT2D eigenvalue weighted by molar-refractivity contribution is 0.629. The van der Waals surface area contributed by atoms with E-state index in [1.165, 1.54) is 33.0 Å². The van der Waals surface area contributed by atoms with Crippen molar-refractivity contribution in [2.45, 2.75) is 6.92 Å². The van der Waals surface area contributed by atoms with Gasteiger partial charge in [-0.25, -0.2) is 0 Å². The maximum absolute atomic E-state index is 6.33. The summed E-state index contributed by atoms with van der Waals surface area (Å²) in [6.07, 6.45) is 0. The average molecular weight is 654 g/mol. The largest absolute Gasteiger partial charge is 0.456 e. The molecule has 9 rings (SSSR count). The van der Waals surface area contributed by atoms with Crippen LogP contribution in [-0.4, -0.2) is 0 Å². The first kappa shape index (κ1) is 30.4. The smallest absolute Gasteiger partial charge is 0.138 e. The number of nitrogens with zero attached hydrogens (tertiary/aromatic N) is 1. The van der Waals surface area contributed by atoms with Crippen LogP contribution in [0.2, 0.25) is 0 Å². The number of para-hydroxylation sites is 2. The number of aryl methyl sites for hydroxylation is 1. The van der Waals surface area contributed by atoms with Gasteiger partial charge >= 0.3 is 0 Å². The summed E-state index contributed by atoms with van der Waals surface area (Å²) in [4.78, 5) is 2.40. The van der Waals surface area contributed by atoms with Gasteiger partial charge in [0, 0.05) is 33.2 Å². The second-order valence-electron chi connectivity index (χ2n) is 13.0. The number of rotatable bonds is 7. The quantitative estimate of drug-likeness (QED) is 0.170. The zero-order valence-corrected chi connectivity index (χ0v) is 28.3. The molecular formula is C49H35NO. The summed E-state index contributed by atoms with van der Waals surface area (Å²) in [7, 11) is 0. The second-order valence-corrected chi connectivity index (χ2v) is 13.0. The van der Waals surface area contributed by atoms with Gasteiger partial charge in [0.2, 0.25) is 0 Å².